The molecule has 0 saturated heterocycles. The van der Waals surface area contributed by atoms with E-state index in [1.165, 1.54) is 13.2 Å². The van der Waals surface area contributed by atoms with Gasteiger partial charge in [0, 0.05) is 22.7 Å². The molecule has 0 aromatic heterocycles. The lowest BCUT2D eigenvalue weighted by molar-refractivity contribution is 0.252. The zero-order chi connectivity index (χ0) is 15.2. The van der Waals surface area contributed by atoms with Crippen LogP contribution < -0.4 is 10.1 Å². The van der Waals surface area contributed by atoms with Gasteiger partial charge in [0.05, 0.1) is 7.11 Å². The molecule has 2 rings (SSSR count). The maximum Gasteiger partial charge on any atom is 0.288 e. The largest absolute Gasteiger partial charge is 0.494 e. The Bertz CT molecular complexity index is 607. The van der Waals surface area contributed by atoms with Crippen molar-refractivity contribution in [1.82, 2.24) is 0 Å². The number of nitrogens with one attached hydrogen (secondary N) is 1. The molecule has 0 unspecified atom stereocenters. The second kappa shape index (κ2) is 7.26. The molecule has 0 amide bonds. The molecular formula is C15H14F3NOS. The molecule has 6 heteroatoms. The summed E-state index contributed by atoms with van der Waals surface area (Å²) in [6, 6.07) is 11.5. The van der Waals surface area contributed by atoms with Gasteiger partial charge >= 0.3 is 0 Å². The van der Waals surface area contributed by atoms with Crippen LogP contribution in [0.3, 0.4) is 0 Å². The summed E-state index contributed by atoms with van der Waals surface area (Å²) < 4.78 is 43.9. The maximum absolute atomic E-state index is 14.0. The third kappa shape index (κ3) is 4.07. The number of hydrogen-bond donors (Lipinski definition) is 1. The highest BCUT2D eigenvalue weighted by Gasteiger charge is 2.11. The summed E-state index contributed by atoms with van der Waals surface area (Å²) in [6.45, 7) is 0.184. The van der Waals surface area contributed by atoms with E-state index in [0.717, 1.165) is 0 Å². The van der Waals surface area contributed by atoms with Crippen molar-refractivity contribution in [2.45, 2.75) is 17.2 Å². The van der Waals surface area contributed by atoms with Crippen LogP contribution >= 0.6 is 11.8 Å². The van der Waals surface area contributed by atoms with Crippen molar-refractivity contribution in [1.29, 1.82) is 0 Å². The second-order valence-corrected chi connectivity index (χ2v) is 5.19. The lowest BCUT2D eigenvalue weighted by atomic mass is 10.2. The fourth-order valence-electron chi connectivity index (χ4n) is 1.85. The molecule has 2 nitrogen and oxygen atoms in total. The number of thioether (sulfide) groups is 1. The third-order valence-corrected chi connectivity index (χ3v) is 3.62. The van der Waals surface area contributed by atoms with Crippen LogP contribution in [0.2, 0.25) is 0 Å². The quantitative estimate of drug-likeness (QED) is 0.777. The summed E-state index contributed by atoms with van der Waals surface area (Å²) in [5, 5.41) is 2.98. The molecule has 0 heterocycles. The topological polar surface area (TPSA) is 21.3 Å². The Kier molecular flexibility index (Phi) is 5.38. The van der Waals surface area contributed by atoms with E-state index in [1.807, 2.05) is 0 Å². The normalized spacial score (nSPS) is 10.7. The Morgan fingerprint density at radius 3 is 2.62 bits per heavy atom. The molecular weight excluding hydrogens is 299 g/mol. The van der Waals surface area contributed by atoms with Gasteiger partial charge in [-0.1, -0.05) is 36.0 Å². The number of anilines is 1. The van der Waals surface area contributed by atoms with Gasteiger partial charge < -0.3 is 10.1 Å². The first-order chi connectivity index (χ1) is 10.1. The molecule has 0 spiro atoms. The number of rotatable bonds is 6. The van der Waals surface area contributed by atoms with Crippen LogP contribution in [-0.2, 0) is 6.54 Å². The lowest BCUT2D eigenvalue weighted by Crippen LogP contribution is -2.04. The highest BCUT2D eigenvalue weighted by Crippen LogP contribution is 2.32. The van der Waals surface area contributed by atoms with Crippen molar-refractivity contribution < 1.29 is 17.9 Å². The average molecular weight is 313 g/mol. The molecule has 0 aliphatic rings. The number of alkyl halides is 2. The Morgan fingerprint density at radius 1 is 1.14 bits per heavy atom. The zero-order valence-electron chi connectivity index (χ0n) is 11.3. The van der Waals surface area contributed by atoms with Gasteiger partial charge in [-0.2, -0.15) is 8.78 Å². The van der Waals surface area contributed by atoms with Crippen LogP contribution in [0.5, 0.6) is 5.75 Å². The lowest BCUT2D eigenvalue weighted by Gasteiger charge is -2.12. The highest BCUT2D eigenvalue weighted by molar-refractivity contribution is 7.99. The monoisotopic (exact) mass is 313 g/mol. The fourth-order valence-corrected chi connectivity index (χ4v) is 2.47. The van der Waals surface area contributed by atoms with Gasteiger partial charge in [0.25, 0.3) is 5.76 Å². The summed E-state index contributed by atoms with van der Waals surface area (Å²) in [7, 11) is 1.39. The number of hydrogen-bond acceptors (Lipinski definition) is 3. The second-order valence-electron chi connectivity index (χ2n) is 4.16. The molecule has 0 aliphatic heterocycles. The molecule has 1 N–H and O–H groups in total. The minimum absolute atomic E-state index is 0.157. The Labute approximate surface area is 125 Å². The third-order valence-electron chi connectivity index (χ3n) is 2.84. The number of methoxy groups -OCH3 is 1. The number of halogens is 3. The molecule has 0 radical (unpaired) electrons. The van der Waals surface area contributed by atoms with E-state index in [9.17, 15) is 13.2 Å². The molecule has 21 heavy (non-hydrogen) atoms. The summed E-state index contributed by atoms with van der Waals surface area (Å²) >= 11 is 0.458. The first kappa shape index (κ1) is 15.6. The van der Waals surface area contributed by atoms with Crippen LogP contribution in [-0.4, -0.2) is 12.9 Å². The van der Waals surface area contributed by atoms with Gasteiger partial charge in [-0.15, -0.1) is 0 Å². The van der Waals surface area contributed by atoms with E-state index in [1.54, 1.807) is 36.4 Å². The fraction of sp³-hybridized carbons (Fsp3) is 0.200. The molecule has 0 aliphatic carbocycles. The van der Waals surface area contributed by atoms with Crippen molar-refractivity contribution in [3.8, 4) is 5.75 Å². The highest BCUT2D eigenvalue weighted by atomic mass is 32.2. The first-order valence-electron chi connectivity index (χ1n) is 6.21. The van der Waals surface area contributed by atoms with Crippen molar-refractivity contribution in [2.75, 3.05) is 12.4 Å². The Balaban J connectivity index is 2.13. The summed E-state index contributed by atoms with van der Waals surface area (Å²) in [4.78, 5) is 0.427. The van der Waals surface area contributed by atoms with Crippen molar-refractivity contribution in [3.63, 3.8) is 0 Å². The van der Waals surface area contributed by atoms with Crippen LogP contribution in [0.15, 0.2) is 47.4 Å². The van der Waals surface area contributed by atoms with Gasteiger partial charge in [-0.3, -0.25) is 0 Å². The predicted molar refractivity (Wildman–Crippen MR) is 78.6 cm³/mol. The van der Waals surface area contributed by atoms with Gasteiger partial charge in [0.15, 0.2) is 11.6 Å². The minimum atomic E-state index is -2.50. The molecule has 0 fully saturated rings. The van der Waals surface area contributed by atoms with Crippen LogP contribution in [0, 0.1) is 5.82 Å². The summed E-state index contributed by atoms with van der Waals surface area (Å²) in [6.07, 6.45) is 0. The first-order valence-corrected chi connectivity index (χ1v) is 7.09. The average Bonchev–Trinajstić information content (AvgIpc) is 2.47. The van der Waals surface area contributed by atoms with Gasteiger partial charge in [-0.25, -0.2) is 4.39 Å². The maximum atomic E-state index is 14.0. The molecule has 0 atom stereocenters. The number of benzene rings is 2. The SMILES string of the molecule is COc1cccc(CNc2ccccc2SC(F)F)c1F. The summed E-state index contributed by atoms with van der Waals surface area (Å²) in [5.74, 6) is -2.79. The van der Waals surface area contributed by atoms with E-state index in [0.29, 0.717) is 27.9 Å². The Morgan fingerprint density at radius 2 is 1.90 bits per heavy atom. The zero-order valence-corrected chi connectivity index (χ0v) is 12.1. The molecule has 0 bridgehead atoms. The minimum Gasteiger partial charge on any atom is -0.494 e. The van der Waals surface area contributed by atoms with Crippen LogP contribution in [0.1, 0.15) is 5.56 Å². The molecule has 112 valence electrons. The van der Waals surface area contributed by atoms with Gasteiger partial charge in [0.1, 0.15) is 0 Å². The number of ether oxygens (including phenoxy) is 1. The smallest absolute Gasteiger partial charge is 0.288 e. The Hall–Kier alpha value is -1.82. The van der Waals surface area contributed by atoms with Crippen LogP contribution in [0.25, 0.3) is 0 Å². The molecule has 2 aromatic rings. The van der Waals surface area contributed by atoms with Crippen molar-refractivity contribution >= 4 is 17.4 Å². The molecule has 0 saturated carbocycles. The van der Waals surface area contributed by atoms with Crippen LogP contribution in [0.4, 0.5) is 18.9 Å². The van der Waals surface area contributed by atoms with E-state index < -0.39 is 11.6 Å². The van der Waals surface area contributed by atoms with E-state index in [4.69, 9.17) is 4.74 Å². The van der Waals surface area contributed by atoms with Gasteiger partial charge in [0.2, 0.25) is 0 Å². The molecule has 2 aromatic carbocycles. The standard InChI is InChI=1S/C15H14F3NOS/c1-20-12-7-4-5-10(14(12)16)9-19-11-6-2-3-8-13(11)21-15(17)18/h2-8,15,19H,9H2,1H3. The number of para-hydroxylation sites is 1. The summed E-state index contributed by atoms with van der Waals surface area (Å²) in [5.41, 5.74) is 0.955. The van der Waals surface area contributed by atoms with E-state index in [-0.39, 0.29) is 12.3 Å². The van der Waals surface area contributed by atoms with Crippen molar-refractivity contribution in [2.24, 2.45) is 0 Å². The van der Waals surface area contributed by atoms with Gasteiger partial charge in [-0.05, 0) is 18.2 Å². The van der Waals surface area contributed by atoms with E-state index >= 15 is 0 Å². The van der Waals surface area contributed by atoms with E-state index in [2.05, 4.69) is 5.32 Å². The van der Waals surface area contributed by atoms with Crippen molar-refractivity contribution in [3.05, 3.63) is 53.8 Å². The predicted octanol–water partition coefficient (Wildman–Crippen LogP) is 4.76.